The molecule has 0 bridgehead atoms. The van der Waals surface area contributed by atoms with Gasteiger partial charge in [-0.2, -0.15) is 0 Å². The average molecular weight is 321 g/mol. The van der Waals surface area contributed by atoms with Gasteiger partial charge in [-0.05, 0) is 55.5 Å². The van der Waals surface area contributed by atoms with Crippen LogP contribution in [0, 0.1) is 5.41 Å². The van der Waals surface area contributed by atoms with Crippen LogP contribution in [-0.4, -0.2) is 23.1 Å². The predicted molar refractivity (Wildman–Crippen MR) is 93.4 cm³/mol. The SMILES string of the molecule is CC1=NCC(O)(CCc2ccc(Cl)cc2)C(C)(C)CC=CN1. The molecule has 0 saturated carbocycles. The van der Waals surface area contributed by atoms with E-state index in [2.05, 4.69) is 30.2 Å². The molecule has 0 radical (unpaired) electrons. The molecular formula is C18H25ClN2O. The number of aliphatic imine (C=N–C) groups is 1. The summed E-state index contributed by atoms with van der Waals surface area (Å²) in [4.78, 5) is 4.50. The van der Waals surface area contributed by atoms with Gasteiger partial charge in [0.25, 0.3) is 0 Å². The number of nitrogens with zero attached hydrogens (tertiary/aromatic N) is 1. The molecule has 1 heterocycles. The number of halogens is 1. The smallest absolute Gasteiger partial charge is 0.0972 e. The van der Waals surface area contributed by atoms with Gasteiger partial charge in [-0.1, -0.05) is 43.7 Å². The van der Waals surface area contributed by atoms with Crippen LogP contribution < -0.4 is 5.32 Å². The summed E-state index contributed by atoms with van der Waals surface area (Å²) in [6, 6.07) is 7.82. The number of rotatable bonds is 3. The number of aryl methyl sites for hydroxylation is 1. The molecule has 2 N–H and O–H groups in total. The van der Waals surface area contributed by atoms with Crippen molar-refractivity contribution in [2.24, 2.45) is 10.4 Å². The molecule has 120 valence electrons. The topological polar surface area (TPSA) is 44.6 Å². The number of hydrogen-bond acceptors (Lipinski definition) is 3. The molecule has 0 aliphatic carbocycles. The summed E-state index contributed by atoms with van der Waals surface area (Å²) in [6.07, 6.45) is 6.26. The van der Waals surface area contributed by atoms with Crippen LogP contribution in [0.1, 0.15) is 39.2 Å². The minimum atomic E-state index is -0.843. The number of nitrogens with one attached hydrogen (secondary N) is 1. The van der Waals surface area contributed by atoms with Crippen molar-refractivity contribution in [1.82, 2.24) is 5.32 Å². The number of benzene rings is 1. The maximum Gasteiger partial charge on any atom is 0.0972 e. The summed E-state index contributed by atoms with van der Waals surface area (Å²) in [7, 11) is 0. The van der Waals surface area contributed by atoms with Gasteiger partial charge in [0.1, 0.15) is 0 Å². The van der Waals surface area contributed by atoms with E-state index in [9.17, 15) is 5.11 Å². The van der Waals surface area contributed by atoms with E-state index >= 15 is 0 Å². The highest BCUT2D eigenvalue weighted by Gasteiger charge is 2.42. The first-order chi connectivity index (χ1) is 10.3. The van der Waals surface area contributed by atoms with Crippen molar-refractivity contribution < 1.29 is 5.11 Å². The number of aliphatic hydroxyl groups is 1. The summed E-state index contributed by atoms with van der Waals surface area (Å²) in [6.45, 7) is 6.54. The molecule has 0 aromatic heterocycles. The molecule has 1 aromatic carbocycles. The Morgan fingerprint density at radius 3 is 2.64 bits per heavy atom. The van der Waals surface area contributed by atoms with Crippen LogP contribution in [0.2, 0.25) is 5.02 Å². The number of allylic oxidation sites excluding steroid dienone is 1. The van der Waals surface area contributed by atoms with E-state index in [0.717, 1.165) is 23.7 Å². The van der Waals surface area contributed by atoms with Crippen molar-refractivity contribution >= 4 is 17.4 Å². The van der Waals surface area contributed by atoms with Gasteiger partial charge in [-0.25, -0.2) is 0 Å². The molecule has 4 heteroatoms. The van der Waals surface area contributed by atoms with Crippen molar-refractivity contribution in [3.05, 3.63) is 47.1 Å². The lowest BCUT2D eigenvalue weighted by Gasteiger charge is -2.41. The van der Waals surface area contributed by atoms with Crippen LogP contribution in [0.25, 0.3) is 0 Å². The summed E-state index contributed by atoms with van der Waals surface area (Å²) >= 11 is 5.93. The maximum absolute atomic E-state index is 11.3. The van der Waals surface area contributed by atoms with Crippen LogP contribution in [0.15, 0.2) is 41.5 Å². The Morgan fingerprint density at radius 1 is 1.27 bits per heavy atom. The Kier molecular flexibility index (Phi) is 5.30. The highest BCUT2D eigenvalue weighted by molar-refractivity contribution is 6.30. The third-order valence-electron chi connectivity index (χ3n) is 4.62. The fraction of sp³-hybridized carbons (Fsp3) is 0.500. The van der Waals surface area contributed by atoms with E-state index in [4.69, 9.17) is 11.6 Å². The Bertz CT molecular complexity index is 563. The molecule has 22 heavy (non-hydrogen) atoms. The van der Waals surface area contributed by atoms with Crippen molar-refractivity contribution in [2.45, 2.75) is 45.6 Å². The molecule has 1 aliphatic heterocycles. The van der Waals surface area contributed by atoms with Gasteiger partial charge < -0.3 is 10.4 Å². The largest absolute Gasteiger partial charge is 0.387 e. The third kappa shape index (κ3) is 4.11. The highest BCUT2D eigenvalue weighted by Crippen LogP contribution is 2.39. The van der Waals surface area contributed by atoms with Crippen molar-refractivity contribution in [3.8, 4) is 0 Å². The summed E-state index contributed by atoms with van der Waals surface area (Å²) < 4.78 is 0. The molecule has 0 fully saturated rings. The summed E-state index contributed by atoms with van der Waals surface area (Å²) in [5.41, 5.74) is 0.0959. The first kappa shape index (κ1) is 17.0. The average Bonchev–Trinajstić information content (AvgIpc) is 2.52. The zero-order valence-corrected chi connectivity index (χ0v) is 14.3. The molecule has 0 spiro atoms. The minimum Gasteiger partial charge on any atom is -0.387 e. The summed E-state index contributed by atoms with van der Waals surface area (Å²) in [5.74, 6) is 0.832. The predicted octanol–water partition coefficient (Wildman–Crippen LogP) is 3.96. The molecule has 3 nitrogen and oxygen atoms in total. The maximum atomic E-state index is 11.3. The van der Waals surface area contributed by atoms with E-state index in [1.807, 2.05) is 37.4 Å². The van der Waals surface area contributed by atoms with Crippen LogP contribution >= 0.6 is 11.6 Å². The van der Waals surface area contributed by atoms with E-state index in [-0.39, 0.29) is 5.41 Å². The molecule has 0 saturated heterocycles. The second-order valence-corrected chi connectivity index (χ2v) is 7.13. The van der Waals surface area contributed by atoms with Gasteiger partial charge in [0.15, 0.2) is 0 Å². The van der Waals surface area contributed by atoms with Crippen LogP contribution in [0.5, 0.6) is 0 Å². The van der Waals surface area contributed by atoms with Crippen molar-refractivity contribution in [1.29, 1.82) is 0 Å². The molecular weight excluding hydrogens is 296 g/mol. The quantitative estimate of drug-likeness (QED) is 0.885. The van der Waals surface area contributed by atoms with E-state index in [1.54, 1.807) is 0 Å². The second kappa shape index (κ2) is 6.84. The fourth-order valence-corrected chi connectivity index (χ4v) is 2.78. The number of amidine groups is 1. The Labute approximate surface area is 138 Å². The van der Waals surface area contributed by atoms with Gasteiger partial charge in [0, 0.05) is 5.02 Å². The third-order valence-corrected chi connectivity index (χ3v) is 4.87. The zero-order chi connectivity index (χ0) is 16.2. The molecule has 1 aliphatic rings. The van der Waals surface area contributed by atoms with Crippen LogP contribution in [-0.2, 0) is 6.42 Å². The Morgan fingerprint density at radius 2 is 1.95 bits per heavy atom. The molecule has 1 aromatic rings. The molecule has 1 atom stereocenters. The standard InChI is InChI=1S/C18H25ClN2O/c1-14-20-12-4-10-17(2,3)18(22,13-21-14)11-9-15-5-7-16(19)8-6-15/h4-8,12,22H,9-11,13H2,1-3H3,(H,20,21). The molecule has 0 amide bonds. The molecule has 2 rings (SSSR count). The van der Waals surface area contributed by atoms with Crippen LogP contribution in [0.4, 0.5) is 0 Å². The summed E-state index contributed by atoms with van der Waals surface area (Å²) in [5, 5.41) is 15.1. The minimum absolute atomic E-state index is 0.244. The first-order valence-electron chi connectivity index (χ1n) is 7.72. The van der Waals surface area contributed by atoms with Gasteiger partial charge >= 0.3 is 0 Å². The first-order valence-corrected chi connectivity index (χ1v) is 8.10. The highest BCUT2D eigenvalue weighted by atomic mass is 35.5. The lowest BCUT2D eigenvalue weighted by molar-refractivity contribution is -0.0635. The van der Waals surface area contributed by atoms with Gasteiger partial charge in [0.05, 0.1) is 18.0 Å². The fourth-order valence-electron chi connectivity index (χ4n) is 2.65. The normalized spacial score (nSPS) is 24.7. The van der Waals surface area contributed by atoms with Gasteiger partial charge in [-0.3, -0.25) is 4.99 Å². The van der Waals surface area contributed by atoms with Gasteiger partial charge in [0.2, 0.25) is 0 Å². The van der Waals surface area contributed by atoms with Crippen LogP contribution in [0.3, 0.4) is 0 Å². The van der Waals surface area contributed by atoms with E-state index in [1.165, 1.54) is 5.56 Å². The van der Waals surface area contributed by atoms with Crippen molar-refractivity contribution in [3.63, 3.8) is 0 Å². The van der Waals surface area contributed by atoms with E-state index < -0.39 is 5.60 Å². The monoisotopic (exact) mass is 320 g/mol. The molecule has 1 unspecified atom stereocenters. The number of hydrogen-bond donors (Lipinski definition) is 2. The second-order valence-electron chi connectivity index (χ2n) is 6.69. The Balaban J connectivity index is 2.17. The zero-order valence-electron chi connectivity index (χ0n) is 13.6. The van der Waals surface area contributed by atoms with Gasteiger partial charge in [-0.15, -0.1) is 0 Å². The lowest BCUT2D eigenvalue weighted by atomic mass is 9.70. The van der Waals surface area contributed by atoms with E-state index in [0.29, 0.717) is 13.0 Å². The van der Waals surface area contributed by atoms with Crippen molar-refractivity contribution in [2.75, 3.05) is 6.54 Å². The Hall–Kier alpha value is -1.32. The lowest BCUT2D eigenvalue weighted by Crippen LogP contribution is -2.47.